The molecule has 0 aromatic carbocycles. The van der Waals surface area contributed by atoms with Crippen LogP contribution in [-0.4, -0.2) is 38.8 Å². The normalized spacial score (nSPS) is 14.6. The first-order chi connectivity index (χ1) is 15.0. The fourth-order valence-electron chi connectivity index (χ4n) is 3.99. The van der Waals surface area contributed by atoms with Crippen molar-refractivity contribution in [1.29, 1.82) is 0 Å². The Morgan fingerprint density at radius 3 is 2.68 bits per heavy atom. The molecule has 0 aliphatic carbocycles. The SMILES string of the molecule is Cc1cccc(Nc2cc(C)nc(C3CCN(C(=O)CCc4csc(N)n4)CC3)c2)n1. The summed E-state index contributed by atoms with van der Waals surface area (Å²) in [7, 11) is 0. The summed E-state index contributed by atoms with van der Waals surface area (Å²) in [6, 6.07) is 10.1. The van der Waals surface area contributed by atoms with E-state index in [0.29, 0.717) is 23.9 Å². The molecule has 3 N–H and O–H groups in total. The molecule has 1 fully saturated rings. The maximum atomic E-state index is 12.6. The highest BCUT2D eigenvalue weighted by molar-refractivity contribution is 7.13. The van der Waals surface area contributed by atoms with Crippen LogP contribution in [0.3, 0.4) is 0 Å². The molecule has 162 valence electrons. The molecule has 3 aromatic heterocycles. The van der Waals surface area contributed by atoms with Gasteiger partial charge in [0.05, 0.1) is 5.69 Å². The van der Waals surface area contributed by atoms with Gasteiger partial charge in [0.1, 0.15) is 5.82 Å². The number of thiazole rings is 1. The van der Waals surface area contributed by atoms with Gasteiger partial charge < -0.3 is 16.0 Å². The fourth-order valence-corrected chi connectivity index (χ4v) is 4.59. The number of hydrogen-bond acceptors (Lipinski definition) is 7. The Morgan fingerprint density at radius 2 is 1.97 bits per heavy atom. The predicted octanol–water partition coefficient (Wildman–Crippen LogP) is 4.21. The van der Waals surface area contributed by atoms with Crippen molar-refractivity contribution in [3.63, 3.8) is 0 Å². The zero-order valence-corrected chi connectivity index (χ0v) is 18.8. The van der Waals surface area contributed by atoms with Gasteiger partial charge in [-0.05, 0) is 57.4 Å². The predicted molar refractivity (Wildman–Crippen MR) is 125 cm³/mol. The molecule has 7 nitrogen and oxygen atoms in total. The molecule has 0 spiro atoms. The number of amides is 1. The summed E-state index contributed by atoms with van der Waals surface area (Å²) in [6.07, 6.45) is 2.98. The summed E-state index contributed by atoms with van der Waals surface area (Å²) in [4.78, 5) is 28.1. The van der Waals surface area contributed by atoms with Crippen LogP contribution in [0.15, 0.2) is 35.7 Å². The maximum Gasteiger partial charge on any atom is 0.222 e. The lowest BCUT2D eigenvalue weighted by molar-refractivity contribution is -0.132. The monoisotopic (exact) mass is 436 g/mol. The lowest BCUT2D eigenvalue weighted by atomic mass is 9.92. The second-order valence-electron chi connectivity index (χ2n) is 8.04. The van der Waals surface area contributed by atoms with Crippen LogP contribution < -0.4 is 11.1 Å². The van der Waals surface area contributed by atoms with E-state index in [1.54, 1.807) is 0 Å². The zero-order chi connectivity index (χ0) is 21.8. The van der Waals surface area contributed by atoms with Gasteiger partial charge in [0.2, 0.25) is 5.91 Å². The van der Waals surface area contributed by atoms with Gasteiger partial charge in [-0.3, -0.25) is 9.78 Å². The van der Waals surface area contributed by atoms with Crippen LogP contribution in [0.2, 0.25) is 0 Å². The standard InChI is InChI=1S/C23H28N6OS/c1-15-4-3-5-21(26-15)27-19-12-16(2)25-20(13-19)17-8-10-29(11-9-17)22(30)7-6-18-14-31-23(24)28-18/h3-5,12-14,17H,6-11H2,1-2H3,(H2,24,28)(H,25,26,27). The smallest absolute Gasteiger partial charge is 0.222 e. The van der Waals surface area contributed by atoms with Crippen LogP contribution in [0.1, 0.15) is 48.0 Å². The lowest BCUT2D eigenvalue weighted by Gasteiger charge is -2.32. The van der Waals surface area contributed by atoms with Crippen molar-refractivity contribution in [3.8, 4) is 0 Å². The fraction of sp³-hybridized carbons (Fsp3) is 0.391. The van der Waals surface area contributed by atoms with E-state index in [1.165, 1.54) is 11.3 Å². The Morgan fingerprint density at radius 1 is 1.16 bits per heavy atom. The third-order valence-electron chi connectivity index (χ3n) is 5.56. The number of carbonyl (C=O) groups is 1. The molecule has 3 aromatic rings. The van der Waals surface area contributed by atoms with E-state index in [9.17, 15) is 4.79 Å². The van der Waals surface area contributed by atoms with Crippen LogP contribution in [0.25, 0.3) is 0 Å². The quantitative estimate of drug-likeness (QED) is 0.601. The number of piperidine rings is 1. The molecule has 4 heterocycles. The minimum absolute atomic E-state index is 0.190. The number of likely N-dealkylation sites (tertiary alicyclic amines) is 1. The van der Waals surface area contributed by atoms with Crippen molar-refractivity contribution < 1.29 is 4.79 Å². The first-order valence-electron chi connectivity index (χ1n) is 10.6. The minimum atomic E-state index is 0.190. The highest BCUT2D eigenvalue weighted by Gasteiger charge is 2.25. The van der Waals surface area contributed by atoms with Gasteiger partial charge in [0.15, 0.2) is 5.13 Å². The van der Waals surface area contributed by atoms with E-state index in [-0.39, 0.29) is 5.91 Å². The second-order valence-corrected chi connectivity index (χ2v) is 8.93. The molecule has 31 heavy (non-hydrogen) atoms. The molecular formula is C23H28N6OS. The van der Waals surface area contributed by atoms with Crippen LogP contribution >= 0.6 is 11.3 Å². The topological polar surface area (TPSA) is 97.0 Å². The summed E-state index contributed by atoms with van der Waals surface area (Å²) in [5, 5.41) is 5.88. The molecule has 4 rings (SSSR count). The van der Waals surface area contributed by atoms with E-state index in [1.807, 2.05) is 48.4 Å². The molecule has 1 aliphatic heterocycles. The number of aryl methyl sites for hydroxylation is 3. The van der Waals surface area contributed by atoms with Crippen molar-refractivity contribution >= 4 is 33.9 Å². The number of anilines is 3. The van der Waals surface area contributed by atoms with Gasteiger partial charge in [0, 0.05) is 53.6 Å². The summed E-state index contributed by atoms with van der Waals surface area (Å²) in [5.74, 6) is 1.38. The van der Waals surface area contributed by atoms with Crippen LogP contribution in [0.5, 0.6) is 0 Å². The Labute approximate surface area is 186 Å². The summed E-state index contributed by atoms with van der Waals surface area (Å²) in [6.45, 7) is 5.53. The molecule has 0 bridgehead atoms. The van der Waals surface area contributed by atoms with Crippen molar-refractivity contribution in [1.82, 2.24) is 19.9 Å². The number of aromatic nitrogens is 3. The number of carbonyl (C=O) groups excluding carboxylic acids is 1. The average Bonchev–Trinajstić information content (AvgIpc) is 3.17. The number of pyridine rings is 2. The maximum absolute atomic E-state index is 12.6. The average molecular weight is 437 g/mol. The van der Waals surface area contributed by atoms with Gasteiger partial charge in [-0.25, -0.2) is 9.97 Å². The van der Waals surface area contributed by atoms with Crippen molar-refractivity contribution in [2.75, 3.05) is 24.1 Å². The first kappa shape index (κ1) is 21.2. The van der Waals surface area contributed by atoms with Crippen LogP contribution in [-0.2, 0) is 11.2 Å². The third-order valence-corrected chi connectivity index (χ3v) is 6.29. The molecule has 1 amide bonds. The van der Waals surface area contributed by atoms with Crippen molar-refractivity contribution in [2.24, 2.45) is 0 Å². The van der Waals surface area contributed by atoms with Crippen LogP contribution in [0.4, 0.5) is 16.6 Å². The zero-order valence-electron chi connectivity index (χ0n) is 18.0. The van der Waals surface area contributed by atoms with Gasteiger partial charge in [-0.15, -0.1) is 11.3 Å². The number of nitrogens with two attached hydrogens (primary N) is 1. The van der Waals surface area contributed by atoms with E-state index < -0.39 is 0 Å². The van der Waals surface area contributed by atoms with Crippen molar-refractivity contribution in [3.05, 3.63) is 58.5 Å². The molecule has 0 atom stereocenters. The van der Waals surface area contributed by atoms with Crippen molar-refractivity contribution in [2.45, 2.75) is 45.4 Å². The number of nitrogen functional groups attached to an aromatic ring is 1. The Hall–Kier alpha value is -3.00. The molecular weight excluding hydrogens is 408 g/mol. The summed E-state index contributed by atoms with van der Waals surface area (Å²) in [5.41, 5.74) is 10.6. The number of rotatable bonds is 6. The third kappa shape index (κ3) is 5.58. The number of nitrogens with zero attached hydrogens (tertiary/aromatic N) is 4. The van der Waals surface area contributed by atoms with E-state index in [4.69, 9.17) is 10.7 Å². The second kappa shape index (κ2) is 9.43. The van der Waals surface area contributed by atoms with Crippen LogP contribution in [0, 0.1) is 13.8 Å². The number of nitrogens with one attached hydrogen (secondary N) is 1. The minimum Gasteiger partial charge on any atom is -0.375 e. The Balaban J connectivity index is 1.34. The van der Waals surface area contributed by atoms with E-state index >= 15 is 0 Å². The molecule has 1 aliphatic rings. The number of hydrogen-bond donors (Lipinski definition) is 2. The summed E-state index contributed by atoms with van der Waals surface area (Å²) >= 11 is 1.42. The molecule has 0 saturated carbocycles. The Bertz CT molecular complexity index is 1060. The molecule has 8 heteroatoms. The summed E-state index contributed by atoms with van der Waals surface area (Å²) < 4.78 is 0. The lowest BCUT2D eigenvalue weighted by Crippen LogP contribution is -2.38. The van der Waals surface area contributed by atoms with E-state index in [2.05, 4.69) is 21.4 Å². The highest BCUT2D eigenvalue weighted by Crippen LogP contribution is 2.30. The molecule has 0 radical (unpaired) electrons. The molecule has 1 saturated heterocycles. The van der Waals surface area contributed by atoms with Gasteiger partial charge in [-0.1, -0.05) is 6.07 Å². The highest BCUT2D eigenvalue weighted by atomic mass is 32.1. The van der Waals surface area contributed by atoms with Gasteiger partial charge in [0.25, 0.3) is 0 Å². The molecule has 0 unspecified atom stereocenters. The first-order valence-corrected chi connectivity index (χ1v) is 11.5. The van der Waals surface area contributed by atoms with E-state index in [0.717, 1.165) is 60.2 Å². The Kier molecular flexibility index (Phi) is 6.46. The largest absolute Gasteiger partial charge is 0.375 e. The van der Waals surface area contributed by atoms with Gasteiger partial charge >= 0.3 is 0 Å². The van der Waals surface area contributed by atoms with Gasteiger partial charge in [-0.2, -0.15) is 0 Å².